The first-order valence-corrected chi connectivity index (χ1v) is 8.79. The van der Waals surface area contributed by atoms with Crippen molar-refractivity contribution in [3.8, 4) is 22.8 Å². The van der Waals surface area contributed by atoms with Crippen molar-refractivity contribution in [3.05, 3.63) is 54.6 Å². The van der Waals surface area contributed by atoms with Crippen molar-refractivity contribution in [3.63, 3.8) is 0 Å². The molecule has 2 aromatic carbocycles. The quantitative estimate of drug-likeness (QED) is 0.562. The average molecular weight is 404 g/mol. The lowest BCUT2D eigenvalue weighted by Gasteiger charge is -2.12. The van der Waals surface area contributed by atoms with Crippen molar-refractivity contribution in [2.45, 2.75) is 13.3 Å². The summed E-state index contributed by atoms with van der Waals surface area (Å²) in [4.78, 5) is 8.66. The molecule has 0 unspecified atom stereocenters. The molecule has 3 rings (SSSR count). The van der Waals surface area contributed by atoms with Gasteiger partial charge in [-0.05, 0) is 43.3 Å². The summed E-state index contributed by atoms with van der Waals surface area (Å²) in [6.45, 7) is 2.48. The summed E-state index contributed by atoms with van der Waals surface area (Å²) >= 11 is 0. The molecule has 0 amide bonds. The summed E-state index contributed by atoms with van der Waals surface area (Å²) in [5.74, 6) is 1.23. The van der Waals surface area contributed by atoms with Gasteiger partial charge in [0.05, 0.1) is 12.3 Å². The molecule has 0 radical (unpaired) electrons. The maximum atomic E-state index is 12.5. The molecular formula is C20H19F3N4O2. The molecule has 1 aromatic heterocycles. The molecule has 0 saturated heterocycles. The number of halogens is 3. The van der Waals surface area contributed by atoms with E-state index in [0.29, 0.717) is 29.6 Å². The van der Waals surface area contributed by atoms with Gasteiger partial charge in [0.2, 0.25) is 5.95 Å². The fourth-order valence-electron chi connectivity index (χ4n) is 2.57. The number of alkyl halides is 3. The molecule has 0 spiro atoms. The third-order valence-electron chi connectivity index (χ3n) is 3.75. The zero-order chi connectivity index (χ0) is 20.9. The number of rotatable bonds is 7. The Morgan fingerprint density at radius 1 is 0.966 bits per heavy atom. The fraction of sp³-hybridized carbons (Fsp3) is 0.200. The van der Waals surface area contributed by atoms with Gasteiger partial charge in [0, 0.05) is 24.4 Å². The van der Waals surface area contributed by atoms with Gasteiger partial charge in [0.15, 0.2) is 0 Å². The van der Waals surface area contributed by atoms with Crippen molar-refractivity contribution in [1.82, 2.24) is 9.97 Å². The highest BCUT2D eigenvalue weighted by molar-refractivity contribution is 5.68. The number of ether oxygens (including phenoxy) is 2. The Bertz CT molecular complexity index is 963. The highest BCUT2D eigenvalue weighted by atomic mass is 19.4. The average Bonchev–Trinajstić information content (AvgIpc) is 2.68. The molecule has 0 aliphatic carbocycles. The largest absolute Gasteiger partial charge is 0.573 e. The van der Waals surface area contributed by atoms with Gasteiger partial charge in [-0.25, -0.2) is 4.98 Å². The second kappa shape index (κ2) is 8.68. The van der Waals surface area contributed by atoms with Gasteiger partial charge in [0.25, 0.3) is 0 Å². The van der Waals surface area contributed by atoms with Crippen molar-refractivity contribution in [2.24, 2.45) is 0 Å². The molecular weight excluding hydrogens is 385 g/mol. The van der Waals surface area contributed by atoms with Crippen LogP contribution >= 0.6 is 0 Å². The van der Waals surface area contributed by atoms with Gasteiger partial charge in [-0.1, -0.05) is 12.1 Å². The van der Waals surface area contributed by atoms with Crippen molar-refractivity contribution in [1.29, 1.82) is 0 Å². The fourth-order valence-corrected chi connectivity index (χ4v) is 2.57. The van der Waals surface area contributed by atoms with Crippen LogP contribution in [0.1, 0.15) is 6.92 Å². The number of anilines is 3. The van der Waals surface area contributed by atoms with E-state index in [9.17, 15) is 13.2 Å². The van der Waals surface area contributed by atoms with Gasteiger partial charge in [-0.3, -0.25) is 0 Å². The van der Waals surface area contributed by atoms with Crippen molar-refractivity contribution in [2.75, 3.05) is 24.3 Å². The van der Waals surface area contributed by atoms with Crippen LogP contribution in [-0.2, 0) is 0 Å². The molecule has 1 heterocycles. The molecule has 29 heavy (non-hydrogen) atoms. The Kier molecular flexibility index (Phi) is 6.06. The first kappa shape index (κ1) is 20.2. The summed E-state index contributed by atoms with van der Waals surface area (Å²) in [6, 6.07) is 14.6. The van der Waals surface area contributed by atoms with Crippen molar-refractivity contribution >= 4 is 17.5 Å². The number of hydrogen-bond acceptors (Lipinski definition) is 6. The number of hydrogen-bond donors (Lipinski definition) is 2. The van der Waals surface area contributed by atoms with E-state index in [1.807, 2.05) is 31.2 Å². The van der Waals surface area contributed by atoms with Crippen LogP contribution in [-0.4, -0.2) is 30.0 Å². The van der Waals surface area contributed by atoms with E-state index in [1.54, 1.807) is 19.2 Å². The van der Waals surface area contributed by atoms with Gasteiger partial charge in [-0.2, -0.15) is 4.98 Å². The summed E-state index contributed by atoms with van der Waals surface area (Å²) < 4.78 is 46.9. The number of benzene rings is 2. The van der Waals surface area contributed by atoms with E-state index in [1.165, 1.54) is 18.2 Å². The van der Waals surface area contributed by atoms with E-state index in [-0.39, 0.29) is 5.75 Å². The molecule has 0 fully saturated rings. The first-order valence-electron chi connectivity index (χ1n) is 8.79. The molecule has 0 atom stereocenters. The maximum Gasteiger partial charge on any atom is 0.573 e. The molecule has 0 aliphatic rings. The second-order valence-electron chi connectivity index (χ2n) is 5.87. The lowest BCUT2D eigenvalue weighted by atomic mass is 10.1. The Hall–Kier alpha value is -3.49. The van der Waals surface area contributed by atoms with Crippen LogP contribution in [0.15, 0.2) is 54.6 Å². The predicted molar refractivity (Wildman–Crippen MR) is 105 cm³/mol. The second-order valence-corrected chi connectivity index (χ2v) is 5.87. The molecule has 2 N–H and O–H groups in total. The summed E-state index contributed by atoms with van der Waals surface area (Å²) in [5.41, 5.74) is 1.67. The Morgan fingerprint density at radius 3 is 2.38 bits per heavy atom. The lowest BCUT2D eigenvalue weighted by Crippen LogP contribution is -2.17. The van der Waals surface area contributed by atoms with Crippen LogP contribution in [0.5, 0.6) is 11.5 Å². The molecule has 0 aliphatic heterocycles. The highest BCUT2D eigenvalue weighted by Gasteiger charge is 2.31. The zero-order valence-corrected chi connectivity index (χ0v) is 15.7. The minimum Gasteiger partial charge on any atom is -0.494 e. The summed E-state index contributed by atoms with van der Waals surface area (Å²) in [7, 11) is 1.66. The zero-order valence-electron chi connectivity index (χ0n) is 15.7. The van der Waals surface area contributed by atoms with Gasteiger partial charge < -0.3 is 20.1 Å². The topological polar surface area (TPSA) is 68.3 Å². The van der Waals surface area contributed by atoms with Gasteiger partial charge in [0.1, 0.15) is 17.3 Å². The van der Waals surface area contributed by atoms with E-state index in [0.717, 1.165) is 11.4 Å². The standard InChI is InChI=1S/C20H19F3N4O2/c1-3-28-15-9-7-14(8-10-15)25-18-12-17(26-19(24-2)27-18)13-5-4-6-16(11-13)29-20(21,22)23/h4-12H,3H2,1-2H3,(H2,24,25,26,27). The van der Waals surface area contributed by atoms with Crippen LogP contribution in [0, 0.1) is 0 Å². The molecule has 6 nitrogen and oxygen atoms in total. The van der Waals surface area contributed by atoms with Crippen molar-refractivity contribution < 1.29 is 22.6 Å². The third kappa shape index (κ3) is 5.74. The molecule has 0 saturated carbocycles. The van der Waals surface area contributed by atoms with Crippen LogP contribution in [0.25, 0.3) is 11.3 Å². The van der Waals surface area contributed by atoms with E-state index in [4.69, 9.17) is 4.74 Å². The van der Waals surface area contributed by atoms with E-state index in [2.05, 4.69) is 25.3 Å². The number of nitrogens with zero attached hydrogens (tertiary/aromatic N) is 2. The molecule has 152 valence electrons. The van der Waals surface area contributed by atoms with E-state index >= 15 is 0 Å². The van der Waals surface area contributed by atoms with Gasteiger partial charge in [-0.15, -0.1) is 13.2 Å². The van der Waals surface area contributed by atoms with Crippen LogP contribution in [0.2, 0.25) is 0 Å². The van der Waals surface area contributed by atoms with Gasteiger partial charge >= 0.3 is 6.36 Å². The Balaban J connectivity index is 1.88. The molecule has 9 heteroatoms. The number of aromatic nitrogens is 2. The van der Waals surface area contributed by atoms with E-state index < -0.39 is 6.36 Å². The minimum atomic E-state index is -4.76. The lowest BCUT2D eigenvalue weighted by molar-refractivity contribution is -0.274. The SMILES string of the molecule is CCOc1ccc(Nc2cc(-c3cccc(OC(F)(F)F)c3)nc(NC)n2)cc1. The smallest absolute Gasteiger partial charge is 0.494 e. The highest BCUT2D eigenvalue weighted by Crippen LogP contribution is 2.29. The number of nitrogens with one attached hydrogen (secondary N) is 2. The van der Waals surface area contributed by atoms with Crippen LogP contribution in [0.3, 0.4) is 0 Å². The third-order valence-corrected chi connectivity index (χ3v) is 3.75. The summed E-state index contributed by atoms with van der Waals surface area (Å²) in [6.07, 6.45) is -4.76. The Morgan fingerprint density at radius 2 is 1.72 bits per heavy atom. The minimum absolute atomic E-state index is 0.318. The monoisotopic (exact) mass is 404 g/mol. The summed E-state index contributed by atoms with van der Waals surface area (Å²) in [5, 5.41) is 6.00. The molecule has 3 aromatic rings. The van der Waals surface area contributed by atoms with Crippen LogP contribution in [0.4, 0.5) is 30.6 Å². The first-order chi connectivity index (χ1) is 13.9. The van der Waals surface area contributed by atoms with Crippen LogP contribution < -0.4 is 20.1 Å². The predicted octanol–water partition coefficient (Wildman–Crippen LogP) is 5.23. The Labute approximate surface area is 165 Å². The normalized spacial score (nSPS) is 11.1. The molecule has 0 bridgehead atoms. The maximum absolute atomic E-state index is 12.5.